The highest BCUT2D eigenvalue weighted by Gasteiger charge is 2.43. The molecular weight excluding hydrogens is 664 g/mol. The molecule has 4 aliphatic heterocycles. The number of unbranched alkanes of at least 4 members (excludes halogenated alkanes) is 5. The van der Waals surface area contributed by atoms with Crippen LogP contribution in [-0.2, 0) is 28.8 Å². The fourth-order valence-electron chi connectivity index (χ4n) is 8.35. The van der Waals surface area contributed by atoms with Gasteiger partial charge in [0.25, 0.3) is 0 Å². The van der Waals surface area contributed by atoms with Gasteiger partial charge in [-0.3, -0.25) is 28.8 Å². The van der Waals surface area contributed by atoms with Crippen LogP contribution in [0, 0.1) is 0 Å². The second-order valence-corrected chi connectivity index (χ2v) is 15.7. The number of fused-ring (bicyclic) bond motifs is 2. The molecule has 8 atom stereocenters. The predicted octanol–water partition coefficient (Wildman–Crippen LogP) is 1.52. The lowest BCUT2D eigenvalue weighted by atomic mass is 10.0. The molecule has 4 aliphatic rings. The van der Waals surface area contributed by atoms with E-state index in [1.807, 2.05) is 9.80 Å². The molecule has 14 nitrogen and oxygen atoms in total. The van der Waals surface area contributed by atoms with Gasteiger partial charge in [-0.15, -0.1) is 0 Å². The van der Waals surface area contributed by atoms with E-state index >= 15 is 0 Å². The van der Waals surface area contributed by atoms with Crippen LogP contribution in [0.25, 0.3) is 0 Å². The Morgan fingerprint density at radius 3 is 1.33 bits per heavy atom. The van der Waals surface area contributed by atoms with Crippen molar-refractivity contribution in [3.8, 4) is 0 Å². The molecule has 0 unspecified atom stereocenters. The zero-order valence-electron chi connectivity index (χ0n) is 32.6. The molecule has 0 aromatic heterocycles. The van der Waals surface area contributed by atoms with Crippen LogP contribution >= 0.6 is 0 Å². The SMILES string of the molecule is CN[C@@H](C)C(=O)N[C@H]1CN(C(=O)CCCCCCCCC(=O)N2CC[C@H]3CC[C@@H](C)N3C(=O)[C@@H](NC(=O)[C@H](C)NC)C2)CC[C@H]2CC[C@@H](C)N2C1=O. The Kier molecular flexibility index (Phi) is 15.7. The highest BCUT2D eigenvalue weighted by molar-refractivity contribution is 5.92. The summed E-state index contributed by atoms with van der Waals surface area (Å²) in [6, 6.07) is -1.97. The van der Waals surface area contributed by atoms with Crippen molar-refractivity contribution in [2.24, 2.45) is 0 Å². The summed E-state index contributed by atoms with van der Waals surface area (Å²) in [6.45, 7) is 9.15. The number of rotatable bonds is 15. The largest absolute Gasteiger partial charge is 0.341 e. The summed E-state index contributed by atoms with van der Waals surface area (Å²) in [5.74, 6) is -0.644. The van der Waals surface area contributed by atoms with Crippen LogP contribution < -0.4 is 21.3 Å². The molecule has 0 aromatic carbocycles. The minimum atomic E-state index is -0.759. The van der Waals surface area contributed by atoms with Gasteiger partial charge in [0.05, 0.1) is 12.1 Å². The smallest absolute Gasteiger partial charge is 0.247 e. The number of nitrogens with one attached hydrogen (secondary N) is 4. The van der Waals surface area contributed by atoms with Crippen LogP contribution in [-0.4, -0.2) is 144 Å². The van der Waals surface area contributed by atoms with Crippen LogP contribution in [0.5, 0.6) is 0 Å². The first-order valence-corrected chi connectivity index (χ1v) is 20.0. The normalized spacial score (nSPS) is 27.9. The van der Waals surface area contributed by atoms with Gasteiger partial charge in [-0.25, -0.2) is 0 Å². The third kappa shape index (κ3) is 10.7. The molecule has 0 radical (unpaired) electrons. The van der Waals surface area contributed by atoms with Crippen molar-refractivity contribution in [1.29, 1.82) is 0 Å². The second-order valence-electron chi connectivity index (χ2n) is 15.7. The second kappa shape index (κ2) is 19.7. The van der Waals surface area contributed by atoms with Gasteiger partial charge in [-0.2, -0.15) is 0 Å². The highest BCUT2D eigenvalue weighted by atomic mass is 16.2. The molecule has 294 valence electrons. The van der Waals surface area contributed by atoms with Gasteiger partial charge in [-0.05, 0) is 93.2 Å². The van der Waals surface area contributed by atoms with Crippen molar-refractivity contribution in [1.82, 2.24) is 40.9 Å². The molecule has 4 heterocycles. The first-order chi connectivity index (χ1) is 24.9. The summed E-state index contributed by atoms with van der Waals surface area (Å²) in [7, 11) is 3.40. The lowest BCUT2D eigenvalue weighted by Crippen LogP contribution is -2.60. The fraction of sp³-hybridized carbons (Fsp3) is 0.842. The number of nitrogens with zero attached hydrogens (tertiary/aromatic N) is 4. The Balaban J connectivity index is 1.19. The van der Waals surface area contributed by atoms with Gasteiger partial charge >= 0.3 is 0 Å². The van der Waals surface area contributed by atoms with Crippen molar-refractivity contribution in [2.45, 2.75) is 166 Å². The minimum Gasteiger partial charge on any atom is -0.341 e. The van der Waals surface area contributed by atoms with Crippen molar-refractivity contribution < 1.29 is 28.8 Å². The van der Waals surface area contributed by atoms with Gasteiger partial charge < -0.3 is 40.9 Å². The quantitative estimate of drug-likeness (QED) is 0.185. The average molecular weight is 731 g/mol. The van der Waals surface area contributed by atoms with Crippen LogP contribution in [0.2, 0.25) is 0 Å². The maximum absolute atomic E-state index is 13.6. The van der Waals surface area contributed by atoms with E-state index in [1.165, 1.54) is 0 Å². The minimum absolute atomic E-state index is 0.0237. The lowest BCUT2D eigenvalue weighted by Gasteiger charge is -2.38. The molecule has 0 aliphatic carbocycles. The number of amides is 6. The molecule has 4 rings (SSSR count). The summed E-state index contributed by atoms with van der Waals surface area (Å²) in [5, 5.41) is 11.7. The molecule has 6 amide bonds. The van der Waals surface area contributed by atoms with Crippen molar-refractivity contribution in [3.63, 3.8) is 0 Å². The van der Waals surface area contributed by atoms with E-state index in [-0.39, 0.29) is 72.7 Å². The molecule has 4 saturated heterocycles. The van der Waals surface area contributed by atoms with E-state index in [2.05, 4.69) is 35.1 Å². The first kappa shape index (κ1) is 41.5. The van der Waals surface area contributed by atoms with Gasteiger partial charge in [0.15, 0.2) is 0 Å². The maximum atomic E-state index is 13.6. The van der Waals surface area contributed by atoms with E-state index in [4.69, 9.17) is 0 Å². The first-order valence-electron chi connectivity index (χ1n) is 20.0. The molecule has 0 spiro atoms. The number of carbonyl (C=O) groups is 6. The molecule has 0 aromatic rings. The predicted molar refractivity (Wildman–Crippen MR) is 199 cm³/mol. The third-order valence-corrected chi connectivity index (χ3v) is 12.0. The molecule has 0 bridgehead atoms. The van der Waals surface area contributed by atoms with E-state index in [0.29, 0.717) is 25.9 Å². The lowest BCUT2D eigenvalue weighted by molar-refractivity contribution is -0.144. The molecular formula is C38H66N8O6. The van der Waals surface area contributed by atoms with Crippen LogP contribution in [0.4, 0.5) is 0 Å². The number of hydrogen-bond donors (Lipinski definition) is 4. The van der Waals surface area contributed by atoms with Gasteiger partial charge in [0, 0.05) is 63.2 Å². The van der Waals surface area contributed by atoms with Gasteiger partial charge in [0.2, 0.25) is 35.4 Å². The average Bonchev–Trinajstić information content (AvgIpc) is 3.68. The monoisotopic (exact) mass is 731 g/mol. The number of likely N-dealkylation sites (N-methyl/N-ethyl adjacent to an activating group) is 2. The Labute approximate surface area is 310 Å². The summed E-state index contributed by atoms with van der Waals surface area (Å²) in [5.41, 5.74) is 0. The zero-order valence-corrected chi connectivity index (χ0v) is 32.6. The van der Waals surface area contributed by atoms with Crippen LogP contribution in [0.3, 0.4) is 0 Å². The Morgan fingerprint density at radius 2 is 0.962 bits per heavy atom. The zero-order chi connectivity index (χ0) is 37.9. The van der Waals surface area contributed by atoms with Crippen molar-refractivity contribution >= 4 is 35.4 Å². The number of carbonyl (C=O) groups excluding carboxylic acids is 6. The topological polar surface area (TPSA) is 164 Å². The van der Waals surface area contributed by atoms with Crippen molar-refractivity contribution in [3.05, 3.63) is 0 Å². The molecule has 52 heavy (non-hydrogen) atoms. The summed E-state index contributed by atoms with van der Waals surface area (Å²) < 4.78 is 0. The van der Waals surface area contributed by atoms with E-state index in [9.17, 15) is 28.8 Å². The molecule has 4 N–H and O–H groups in total. The van der Waals surface area contributed by atoms with Gasteiger partial charge in [-0.1, -0.05) is 25.7 Å². The number of hydrogen-bond acceptors (Lipinski definition) is 8. The Morgan fingerprint density at radius 1 is 0.596 bits per heavy atom. The molecule has 0 saturated carbocycles. The van der Waals surface area contributed by atoms with E-state index in [0.717, 1.165) is 77.0 Å². The summed E-state index contributed by atoms with van der Waals surface area (Å²) >= 11 is 0. The summed E-state index contributed by atoms with van der Waals surface area (Å²) in [4.78, 5) is 86.8. The third-order valence-electron chi connectivity index (χ3n) is 12.0. The highest BCUT2D eigenvalue weighted by Crippen LogP contribution is 2.30. The van der Waals surface area contributed by atoms with Gasteiger partial charge in [0.1, 0.15) is 12.1 Å². The standard InChI is InChI=1S/C38H66N8O6/c1-25-15-17-29-19-21-43(23-31(37(51)45(25)29)41-35(49)27(3)39-5)33(47)13-11-9-7-8-10-12-14-34(48)44-22-20-30-18-16-26(2)46(30)38(52)32(24-44)42-36(50)28(4)40-6/h25-32,39-40H,7-24H2,1-6H3,(H,41,49)(H,42,50)/t25-,26-,27+,28+,29-,30-,31+,32+/m1/s1. The Hall–Kier alpha value is -3.26. The van der Waals surface area contributed by atoms with E-state index < -0.39 is 24.2 Å². The van der Waals surface area contributed by atoms with E-state index in [1.54, 1.807) is 37.7 Å². The molecule has 4 fully saturated rings. The van der Waals surface area contributed by atoms with Crippen molar-refractivity contribution in [2.75, 3.05) is 40.3 Å². The van der Waals surface area contributed by atoms with Crippen LogP contribution in [0.15, 0.2) is 0 Å². The Bertz CT molecular complexity index is 1170. The fourth-order valence-corrected chi connectivity index (χ4v) is 8.35. The van der Waals surface area contributed by atoms with Crippen LogP contribution in [0.1, 0.15) is 118 Å². The maximum Gasteiger partial charge on any atom is 0.247 e. The molecule has 14 heteroatoms. The summed E-state index contributed by atoms with van der Waals surface area (Å²) in [6.07, 6.45) is 11.2.